The van der Waals surface area contributed by atoms with Gasteiger partial charge in [0.2, 0.25) is 0 Å². The van der Waals surface area contributed by atoms with Crippen molar-refractivity contribution < 1.29 is 19.2 Å². The molecule has 102 valence electrons. The maximum absolute atomic E-state index is 13.3. The van der Waals surface area contributed by atoms with Crippen LogP contribution in [-0.2, 0) is 4.79 Å². The summed E-state index contributed by atoms with van der Waals surface area (Å²) >= 11 is 2.93. The standard InChI is InChI=1S/C11H10BrFN2O4/c12-6-4-8(9(15(18)19)5-7(6)13)14-11(10(16)17)2-1-3-11/h4-5,14H,1-3H2,(H,16,17). The fourth-order valence-electron chi connectivity index (χ4n) is 1.97. The molecule has 0 bridgehead atoms. The Hall–Kier alpha value is -1.70. The van der Waals surface area contributed by atoms with Crippen LogP contribution in [0, 0.1) is 15.9 Å². The summed E-state index contributed by atoms with van der Waals surface area (Å²) in [4.78, 5) is 21.4. The molecule has 0 aromatic heterocycles. The molecule has 1 aliphatic rings. The molecule has 1 saturated carbocycles. The van der Waals surface area contributed by atoms with E-state index in [-0.39, 0.29) is 10.2 Å². The minimum atomic E-state index is -1.19. The van der Waals surface area contributed by atoms with Gasteiger partial charge in [-0.2, -0.15) is 0 Å². The van der Waals surface area contributed by atoms with Crippen LogP contribution in [0.2, 0.25) is 0 Å². The van der Waals surface area contributed by atoms with Gasteiger partial charge in [-0.3, -0.25) is 10.1 Å². The van der Waals surface area contributed by atoms with Crippen LogP contribution in [0.3, 0.4) is 0 Å². The molecule has 2 rings (SSSR count). The molecule has 0 radical (unpaired) electrons. The maximum Gasteiger partial charge on any atom is 0.329 e. The second-order valence-corrected chi connectivity index (χ2v) is 5.26. The molecule has 0 aliphatic heterocycles. The number of nitrogens with one attached hydrogen (secondary N) is 1. The topological polar surface area (TPSA) is 92.5 Å². The van der Waals surface area contributed by atoms with Gasteiger partial charge in [-0.1, -0.05) is 0 Å². The van der Waals surface area contributed by atoms with E-state index in [4.69, 9.17) is 0 Å². The number of nitro groups is 1. The van der Waals surface area contributed by atoms with Gasteiger partial charge < -0.3 is 10.4 Å². The van der Waals surface area contributed by atoms with E-state index in [1.807, 2.05) is 0 Å². The first-order valence-electron chi connectivity index (χ1n) is 5.51. The number of rotatable bonds is 4. The van der Waals surface area contributed by atoms with Crippen molar-refractivity contribution in [2.24, 2.45) is 0 Å². The summed E-state index contributed by atoms with van der Waals surface area (Å²) in [6.07, 6.45) is 1.50. The number of carboxylic acid groups (broad SMARTS) is 1. The van der Waals surface area contributed by atoms with Crippen molar-refractivity contribution in [3.63, 3.8) is 0 Å². The third kappa shape index (κ3) is 2.40. The molecule has 1 aromatic carbocycles. The summed E-state index contributed by atoms with van der Waals surface area (Å²) in [5, 5.41) is 22.7. The van der Waals surface area contributed by atoms with E-state index in [1.54, 1.807) is 0 Å². The normalized spacial score (nSPS) is 16.5. The van der Waals surface area contributed by atoms with Crippen molar-refractivity contribution >= 4 is 33.3 Å². The zero-order valence-electron chi connectivity index (χ0n) is 9.65. The summed E-state index contributed by atoms with van der Waals surface area (Å²) < 4.78 is 13.4. The smallest absolute Gasteiger partial charge is 0.329 e. The van der Waals surface area contributed by atoms with Crippen LogP contribution in [-0.4, -0.2) is 21.5 Å². The van der Waals surface area contributed by atoms with Gasteiger partial charge in [-0.25, -0.2) is 9.18 Å². The van der Waals surface area contributed by atoms with E-state index >= 15 is 0 Å². The Morgan fingerprint density at radius 3 is 2.58 bits per heavy atom. The van der Waals surface area contributed by atoms with Crippen LogP contribution >= 0.6 is 15.9 Å². The highest BCUT2D eigenvalue weighted by molar-refractivity contribution is 9.10. The van der Waals surface area contributed by atoms with Crippen molar-refractivity contribution in [2.75, 3.05) is 5.32 Å². The van der Waals surface area contributed by atoms with E-state index in [0.717, 1.165) is 12.5 Å². The van der Waals surface area contributed by atoms with E-state index < -0.39 is 27.9 Å². The van der Waals surface area contributed by atoms with E-state index in [1.165, 1.54) is 6.07 Å². The average Bonchev–Trinajstić information content (AvgIpc) is 2.26. The predicted octanol–water partition coefficient (Wildman–Crippen LogP) is 2.92. The van der Waals surface area contributed by atoms with Gasteiger partial charge in [0.15, 0.2) is 0 Å². The third-order valence-electron chi connectivity index (χ3n) is 3.23. The number of benzene rings is 1. The van der Waals surface area contributed by atoms with Crippen LogP contribution < -0.4 is 5.32 Å². The fourth-order valence-corrected chi connectivity index (χ4v) is 2.31. The van der Waals surface area contributed by atoms with Crippen molar-refractivity contribution in [3.05, 3.63) is 32.5 Å². The molecule has 1 aliphatic carbocycles. The highest BCUT2D eigenvalue weighted by atomic mass is 79.9. The molecule has 6 nitrogen and oxygen atoms in total. The third-order valence-corrected chi connectivity index (χ3v) is 3.83. The van der Waals surface area contributed by atoms with Crippen LogP contribution in [0.25, 0.3) is 0 Å². The zero-order chi connectivity index (χ0) is 14.2. The number of carboxylic acids is 1. The molecular weight excluding hydrogens is 323 g/mol. The van der Waals surface area contributed by atoms with E-state index in [0.29, 0.717) is 12.8 Å². The first kappa shape index (κ1) is 13.7. The van der Waals surface area contributed by atoms with E-state index in [2.05, 4.69) is 21.2 Å². The Balaban J connectivity index is 2.41. The predicted molar refractivity (Wildman–Crippen MR) is 68.6 cm³/mol. The van der Waals surface area contributed by atoms with Gasteiger partial charge in [-0.05, 0) is 41.3 Å². The molecule has 2 N–H and O–H groups in total. The first-order valence-corrected chi connectivity index (χ1v) is 6.30. The van der Waals surface area contributed by atoms with Crippen LogP contribution in [0.15, 0.2) is 16.6 Å². The van der Waals surface area contributed by atoms with Crippen molar-refractivity contribution in [2.45, 2.75) is 24.8 Å². The summed E-state index contributed by atoms with van der Waals surface area (Å²) in [6, 6.07) is 1.96. The Morgan fingerprint density at radius 2 is 2.16 bits per heavy atom. The molecule has 0 amide bonds. The monoisotopic (exact) mass is 332 g/mol. The number of hydrogen-bond donors (Lipinski definition) is 2. The number of halogens is 2. The minimum absolute atomic E-state index is 0.000347. The van der Waals surface area contributed by atoms with Crippen molar-refractivity contribution in [1.29, 1.82) is 0 Å². The Labute approximate surface area is 115 Å². The van der Waals surface area contributed by atoms with Crippen LogP contribution in [0.1, 0.15) is 19.3 Å². The molecule has 8 heteroatoms. The van der Waals surface area contributed by atoms with Gasteiger partial charge in [0, 0.05) is 0 Å². The maximum atomic E-state index is 13.3. The van der Waals surface area contributed by atoms with Crippen molar-refractivity contribution in [1.82, 2.24) is 0 Å². The van der Waals surface area contributed by atoms with Gasteiger partial charge in [-0.15, -0.1) is 0 Å². The number of nitrogens with zero attached hydrogens (tertiary/aromatic N) is 1. The number of carbonyl (C=O) groups is 1. The molecule has 19 heavy (non-hydrogen) atoms. The summed E-state index contributed by atoms with van der Waals surface area (Å²) in [5.74, 6) is -1.83. The Kier molecular flexibility index (Phi) is 3.44. The number of anilines is 1. The molecular formula is C11H10BrFN2O4. The Morgan fingerprint density at radius 1 is 1.53 bits per heavy atom. The van der Waals surface area contributed by atoms with Gasteiger partial charge in [0.05, 0.1) is 15.5 Å². The highest BCUT2D eigenvalue weighted by Crippen LogP contribution is 2.39. The second kappa shape index (κ2) is 4.76. The lowest BCUT2D eigenvalue weighted by atomic mass is 9.76. The molecule has 0 atom stereocenters. The molecule has 0 heterocycles. The molecule has 1 fully saturated rings. The molecule has 0 unspecified atom stereocenters. The number of aliphatic carboxylic acids is 1. The van der Waals surface area contributed by atoms with Crippen molar-refractivity contribution in [3.8, 4) is 0 Å². The van der Waals surface area contributed by atoms with Gasteiger partial charge in [0.1, 0.15) is 17.0 Å². The molecule has 1 aromatic rings. The zero-order valence-corrected chi connectivity index (χ0v) is 11.2. The lowest BCUT2D eigenvalue weighted by molar-refractivity contribution is -0.384. The average molecular weight is 333 g/mol. The van der Waals surface area contributed by atoms with Gasteiger partial charge >= 0.3 is 5.97 Å². The lowest BCUT2D eigenvalue weighted by Crippen LogP contribution is -2.52. The summed E-state index contributed by atoms with van der Waals surface area (Å²) in [7, 11) is 0. The van der Waals surface area contributed by atoms with E-state index in [9.17, 15) is 24.4 Å². The Bertz CT molecular complexity index is 560. The largest absolute Gasteiger partial charge is 0.480 e. The fraction of sp³-hybridized carbons (Fsp3) is 0.364. The van der Waals surface area contributed by atoms with Crippen LogP contribution in [0.5, 0.6) is 0 Å². The number of nitro benzene ring substituents is 1. The lowest BCUT2D eigenvalue weighted by Gasteiger charge is -2.38. The molecule has 0 spiro atoms. The van der Waals surface area contributed by atoms with Gasteiger partial charge in [0.25, 0.3) is 5.69 Å². The number of hydrogen-bond acceptors (Lipinski definition) is 4. The summed E-state index contributed by atoms with van der Waals surface area (Å²) in [6.45, 7) is 0. The van der Waals surface area contributed by atoms with Crippen LogP contribution in [0.4, 0.5) is 15.8 Å². The minimum Gasteiger partial charge on any atom is -0.480 e. The SMILES string of the molecule is O=C(O)C1(Nc2cc(Br)c(F)cc2[N+](=O)[O-])CCC1. The highest BCUT2D eigenvalue weighted by Gasteiger charge is 2.45. The first-order chi connectivity index (χ1) is 8.85. The summed E-state index contributed by atoms with van der Waals surface area (Å²) in [5.41, 5.74) is -1.67. The quantitative estimate of drug-likeness (QED) is 0.653. The molecule has 0 saturated heterocycles. The second-order valence-electron chi connectivity index (χ2n) is 4.41.